The SMILES string of the molecule is CCOc1cc(-c2cc(NCCc3ccc4sccc4c3F)ncn2)cc(F)c1CC(=O)O. The van der Waals surface area contributed by atoms with Crippen LogP contribution >= 0.6 is 11.3 Å². The number of carboxylic acids is 1. The van der Waals surface area contributed by atoms with E-state index in [0.717, 1.165) is 4.70 Å². The first-order chi connectivity index (χ1) is 16.0. The Hall–Kier alpha value is -3.59. The van der Waals surface area contributed by atoms with Crippen LogP contribution in [0, 0.1) is 11.6 Å². The first kappa shape index (κ1) is 22.6. The summed E-state index contributed by atoms with van der Waals surface area (Å²) < 4.78 is 35.7. The average Bonchev–Trinajstić information content (AvgIpc) is 3.27. The van der Waals surface area contributed by atoms with Gasteiger partial charge in [0.1, 0.15) is 29.5 Å². The molecule has 2 heterocycles. The summed E-state index contributed by atoms with van der Waals surface area (Å²) >= 11 is 1.50. The molecule has 0 aliphatic heterocycles. The third-order valence-electron chi connectivity index (χ3n) is 5.10. The highest BCUT2D eigenvalue weighted by atomic mass is 32.1. The van der Waals surface area contributed by atoms with Gasteiger partial charge in [-0.3, -0.25) is 4.79 Å². The summed E-state index contributed by atoms with van der Waals surface area (Å²) in [5, 5.41) is 14.7. The van der Waals surface area contributed by atoms with Crippen LogP contribution in [0.1, 0.15) is 18.1 Å². The van der Waals surface area contributed by atoms with E-state index in [0.29, 0.717) is 41.0 Å². The van der Waals surface area contributed by atoms with Crippen LogP contribution in [0.4, 0.5) is 14.6 Å². The van der Waals surface area contributed by atoms with E-state index < -0.39 is 18.2 Å². The van der Waals surface area contributed by atoms with Crippen LogP contribution in [0.3, 0.4) is 0 Å². The second kappa shape index (κ2) is 9.91. The fourth-order valence-electron chi connectivity index (χ4n) is 3.55. The Morgan fingerprint density at radius 2 is 2.03 bits per heavy atom. The molecule has 0 amide bonds. The maximum Gasteiger partial charge on any atom is 0.308 e. The van der Waals surface area contributed by atoms with Gasteiger partial charge in [-0.25, -0.2) is 18.7 Å². The highest BCUT2D eigenvalue weighted by Crippen LogP contribution is 2.30. The lowest BCUT2D eigenvalue weighted by Crippen LogP contribution is -2.08. The zero-order valence-electron chi connectivity index (χ0n) is 17.8. The number of aromatic nitrogens is 2. The number of fused-ring (bicyclic) bond motifs is 1. The van der Waals surface area contributed by atoms with Gasteiger partial charge in [-0.1, -0.05) is 6.07 Å². The normalized spacial score (nSPS) is 11.0. The molecule has 9 heteroatoms. The molecule has 6 nitrogen and oxygen atoms in total. The van der Waals surface area contributed by atoms with Crippen molar-refractivity contribution in [3.63, 3.8) is 0 Å². The number of nitrogens with zero attached hydrogens (tertiary/aromatic N) is 2. The molecular formula is C24H21F2N3O3S. The monoisotopic (exact) mass is 469 g/mol. The number of halogens is 2. The number of rotatable bonds is 9. The van der Waals surface area contributed by atoms with Crippen molar-refractivity contribution in [1.29, 1.82) is 0 Å². The number of anilines is 1. The van der Waals surface area contributed by atoms with Crippen molar-refractivity contribution in [2.24, 2.45) is 0 Å². The maximum absolute atomic E-state index is 14.7. The molecule has 0 fully saturated rings. The Bertz CT molecular complexity index is 1310. The summed E-state index contributed by atoms with van der Waals surface area (Å²) in [5.41, 5.74) is 1.48. The van der Waals surface area contributed by atoms with Gasteiger partial charge in [0.25, 0.3) is 0 Å². The minimum Gasteiger partial charge on any atom is -0.493 e. The number of hydrogen-bond acceptors (Lipinski definition) is 6. The third-order valence-corrected chi connectivity index (χ3v) is 5.98. The van der Waals surface area contributed by atoms with Crippen LogP contribution < -0.4 is 10.1 Å². The van der Waals surface area contributed by atoms with Gasteiger partial charge in [0.05, 0.1) is 18.7 Å². The highest BCUT2D eigenvalue weighted by molar-refractivity contribution is 7.17. The second-order valence-electron chi connectivity index (χ2n) is 7.27. The predicted molar refractivity (Wildman–Crippen MR) is 124 cm³/mol. The van der Waals surface area contributed by atoms with Crippen molar-refractivity contribution >= 4 is 33.2 Å². The van der Waals surface area contributed by atoms with Crippen LogP contribution in [0.2, 0.25) is 0 Å². The molecule has 4 aromatic rings. The first-order valence-electron chi connectivity index (χ1n) is 10.3. The predicted octanol–water partition coefficient (Wildman–Crippen LogP) is 5.32. The van der Waals surface area contributed by atoms with E-state index >= 15 is 0 Å². The largest absolute Gasteiger partial charge is 0.493 e. The van der Waals surface area contributed by atoms with E-state index in [-0.39, 0.29) is 23.7 Å². The number of nitrogens with one attached hydrogen (secondary N) is 1. The van der Waals surface area contributed by atoms with E-state index in [1.165, 1.54) is 23.7 Å². The Morgan fingerprint density at radius 3 is 2.82 bits per heavy atom. The number of thiophene rings is 1. The molecule has 0 saturated carbocycles. The average molecular weight is 470 g/mol. The van der Waals surface area contributed by atoms with Crippen LogP contribution in [0.15, 0.2) is 48.1 Å². The Kier molecular flexibility index (Phi) is 6.79. The lowest BCUT2D eigenvalue weighted by Gasteiger charge is -2.13. The summed E-state index contributed by atoms with van der Waals surface area (Å²) in [6.07, 6.45) is 1.33. The molecule has 33 heavy (non-hydrogen) atoms. The summed E-state index contributed by atoms with van der Waals surface area (Å²) in [4.78, 5) is 19.5. The van der Waals surface area contributed by atoms with Gasteiger partial charge >= 0.3 is 5.97 Å². The quantitative estimate of drug-likeness (QED) is 0.345. The summed E-state index contributed by atoms with van der Waals surface area (Å²) in [6, 6.07) is 9.94. The number of benzene rings is 2. The third kappa shape index (κ3) is 5.09. The van der Waals surface area contributed by atoms with E-state index in [9.17, 15) is 13.6 Å². The van der Waals surface area contributed by atoms with Gasteiger partial charge in [-0.15, -0.1) is 11.3 Å². The zero-order valence-corrected chi connectivity index (χ0v) is 18.6. The zero-order chi connectivity index (χ0) is 23.4. The second-order valence-corrected chi connectivity index (χ2v) is 8.22. The van der Waals surface area contributed by atoms with E-state index in [1.54, 1.807) is 31.2 Å². The number of aliphatic carboxylic acids is 1. The van der Waals surface area contributed by atoms with Crippen LogP contribution in [-0.4, -0.2) is 34.2 Å². The van der Waals surface area contributed by atoms with E-state index in [1.807, 2.05) is 11.4 Å². The van der Waals surface area contributed by atoms with Gasteiger partial charge in [0.15, 0.2) is 0 Å². The Labute approximate surface area is 192 Å². The molecule has 0 aliphatic rings. The van der Waals surface area contributed by atoms with Crippen molar-refractivity contribution in [1.82, 2.24) is 9.97 Å². The molecule has 170 valence electrons. The Morgan fingerprint density at radius 1 is 1.18 bits per heavy atom. The topological polar surface area (TPSA) is 84.3 Å². The smallest absolute Gasteiger partial charge is 0.308 e. The van der Waals surface area contributed by atoms with Crippen LogP contribution in [-0.2, 0) is 17.6 Å². The van der Waals surface area contributed by atoms with Gasteiger partial charge in [0.2, 0.25) is 0 Å². The molecule has 0 atom stereocenters. The molecular weight excluding hydrogens is 448 g/mol. The first-order valence-corrected chi connectivity index (χ1v) is 11.2. The number of ether oxygens (including phenoxy) is 1. The van der Waals surface area contributed by atoms with Crippen molar-refractivity contribution in [2.75, 3.05) is 18.5 Å². The minimum absolute atomic E-state index is 0.00915. The molecule has 0 saturated heterocycles. The molecule has 2 aromatic carbocycles. The van der Waals surface area contributed by atoms with Crippen molar-refractivity contribution in [3.05, 3.63) is 70.9 Å². The molecule has 0 spiro atoms. The number of hydrogen-bond donors (Lipinski definition) is 2. The molecule has 4 rings (SSSR count). The van der Waals surface area contributed by atoms with Crippen molar-refractivity contribution in [2.45, 2.75) is 19.8 Å². The van der Waals surface area contributed by atoms with Gasteiger partial charge < -0.3 is 15.2 Å². The number of carbonyl (C=O) groups is 1. The minimum atomic E-state index is -1.15. The molecule has 0 unspecified atom stereocenters. The van der Waals surface area contributed by atoms with Crippen LogP contribution in [0.25, 0.3) is 21.3 Å². The van der Waals surface area contributed by atoms with Crippen molar-refractivity contribution < 1.29 is 23.4 Å². The fraction of sp³-hybridized carbons (Fsp3) is 0.208. The standard InChI is InChI=1S/C24H21F2N3O3S/c1-2-32-20-10-15(9-18(25)17(20)11-23(30)31)19-12-22(29-13-28-19)27-7-5-14-3-4-21-16(24(14)26)6-8-33-21/h3-4,6,8-10,12-13H,2,5,7,11H2,1H3,(H,30,31)(H,27,28,29). The van der Waals surface area contributed by atoms with E-state index in [4.69, 9.17) is 9.84 Å². The van der Waals surface area contributed by atoms with Crippen molar-refractivity contribution in [3.8, 4) is 17.0 Å². The lowest BCUT2D eigenvalue weighted by molar-refractivity contribution is -0.136. The van der Waals surface area contributed by atoms with Gasteiger partial charge in [0, 0.05) is 33.8 Å². The van der Waals surface area contributed by atoms with Gasteiger partial charge in [-0.2, -0.15) is 0 Å². The molecule has 2 aromatic heterocycles. The van der Waals surface area contributed by atoms with Crippen LogP contribution in [0.5, 0.6) is 5.75 Å². The summed E-state index contributed by atoms with van der Waals surface area (Å²) in [7, 11) is 0. The molecule has 2 N–H and O–H groups in total. The maximum atomic E-state index is 14.7. The fourth-order valence-corrected chi connectivity index (χ4v) is 4.33. The number of carboxylic acid groups (broad SMARTS) is 1. The Balaban J connectivity index is 1.51. The van der Waals surface area contributed by atoms with E-state index in [2.05, 4.69) is 15.3 Å². The molecule has 0 bridgehead atoms. The van der Waals surface area contributed by atoms with Gasteiger partial charge in [-0.05, 0) is 48.6 Å². The molecule has 0 aliphatic carbocycles. The molecule has 0 radical (unpaired) electrons. The summed E-state index contributed by atoms with van der Waals surface area (Å²) in [5.74, 6) is -1.36. The lowest BCUT2D eigenvalue weighted by atomic mass is 10.0. The highest BCUT2D eigenvalue weighted by Gasteiger charge is 2.17. The summed E-state index contributed by atoms with van der Waals surface area (Å²) in [6.45, 7) is 2.44.